The van der Waals surface area contributed by atoms with E-state index in [-0.39, 0.29) is 16.5 Å². The Morgan fingerprint density at radius 1 is 1.09 bits per heavy atom. The van der Waals surface area contributed by atoms with Crippen molar-refractivity contribution in [2.75, 3.05) is 12.0 Å². The number of thiazole rings is 1. The average molecular weight is 475 g/mol. The molecule has 1 atom stereocenters. The summed E-state index contributed by atoms with van der Waals surface area (Å²) in [5.41, 5.74) is 2.35. The third kappa shape index (κ3) is 3.52. The van der Waals surface area contributed by atoms with Crippen molar-refractivity contribution in [2.24, 2.45) is 0 Å². The summed E-state index contributed by atoms with van der Waals surface area (Å²) >= 11 is 1.09. The number of fused-ring (bicyclic) bond motifs is 1. The molecule has 8 heteroatoms. The number of carbonyl (C=O) groups excluding carboxylic acids is 2. The Morgan fingerprint density at radius 3 is 2.56 bits per heavy atom. The van der Waals surface area contributed by atoms with Gasteiger partial charge in [0.2, 0.25) is 0 Å². The monoisotopic (exact) mass is 474 g/mol. The summed E-state index contributed by atoms with van der Waals surface area (Å²) in [5.74, 6) is -1.93. The number of para-hydroxylation sites is 1. The third-order valence-corrected chi connectivity index (χ3v) is 6.77. The molecule has 1 amide bonds. The van der Waals surface area contributed by atoms with E-state index in [0.717, 1.165) is 16.9 Å². The number of aliphatic hydroxyl groups excluding tert-OH is 1. The molecule has 4 aromatic rings. The molecular weight excluding hydrogens is 455 g/mol. The summed E-state index contributed by atoms with van der Waals surface area (Å²) in [5, 5.41) is 11.4. The van der Waals surface area contributed by atoms with Gasteiger partial charge in [0.15, 0.2) is 5.13 Å². The quantitative estimate of drug-likeness (QED) is 0.244. The van der Waals surface area contributed by atoms with Gasteiger partial charge in [-0.15, -0.1) is 0 Å². The van der Waals surface area contributed by atoms with Gasteiger partial charge in [-0.05, 0) is 31.2 Å². The normalized spacial score (nSPS) is 17.5. The highest BCUT2D eigenvalue weighted by Crippen LogP contribution is 2.46. The maximum Gasteiger partial charge on any atom is 0.301 e. The van der Waals surface area contributed by atoms with Gasteiger partial charge in [0.1, 0.15) is 23.4 Å². The minimum absolute atomic E-state index is 0.0659. The van der Waals surface area contributed by atoms with Crippen LogP contribution in [-0.2, 0) is 9.59 Å². The smallest absolute Gasteiger partial charge is 0.301 e. The fourth-order valence-corrected chi connectivity index (χ4v) is 5.09. The van der Waals surface area contributed by atoms with Crippen LogP contribution in [0.5, 0.6) is 5.75 Å². The van der Waals surface area contributed by atoms with Gasteiger partial charge >= 0.3 is 5.91 Å². The van der Waals surface area contributed by atoms with Crippen molar-refractivity contribution in [3.05, 3.63) is 94.8 Å². The number of anilines is 1. The molecule has 0 spiro atoms. The van der Waals surface area contributed by atoms with Gasteiger partial charge in [0.05, 0.1) is 22.9 Å². The summed E-state index contributed by atoms with van der Waals surface area (Å²) in [6, 6.07) is 17.1. The van der Waals surface area contributed by atoms with Crippen molar-refractivity contribution in [1.29, 1.82) is 0 Å². The van der Waals surface area contributed by atoms with Crippen LogP contribution in [-0.4, -0.2) is 28.9 Å². The number of hydrogen-bond acceptors (Lipinski definition) is 6. The molecule has 1 aliphatic heterocycles. The Morgan fingerprint density at radius 2 is 1.82 bits per heavy atom. The number of hydrogen-bond donors (Lipinski definition) is 1. The van der Waals surface area contributed by atoms with Gasteiger partial charge in [0.25, 0.3) is 5.78 Å². The number of Topliss-reactive ketones (excluding diaryl/α,β-unsaturated/α-hetero) is 1. The predicted molar refractivity (Wildman–Crippen MR) is 129 cm³/mol. The molecule has 5 rings (SSSR count). The van der Waals surface area contributed by atoms with E-state index in [4.69, 9.17) is 4.74 Å². The average Bonchev–Trinajstić information content (AvgIpc) is 3.36. The first-order valence-corrected chi connectivity index (χ1v) is 11.3. The first-order chi connectivity index (χ1) is 16.4. The number of aliphatic hydroxyl groups is 1. The number of aromatic nitrogens is 1. The highest BCUT2D eigenvalue weighted by molar-refractivity contribution is 7.22. The molecule has 34 heavy (non-hydrogen) atoms. The summed E-state index contributed by atoms with van der Waals surface area (Å²) in [4.78, 5) is 32.3. The molecule has 6 nitrogen and oxygen atoms in total. The number of ketones is 1. The van der Waals surface area contributed by atoms with Crippen molar-refractivity contribution in [3.8, 4) is 5.75 Å². The predicted octanol–water partition coefficient (Wildman–Crippen LogP) is 5.38. The molecule has 0 saturated carbocycles. The van der Waals surface area contributed by atoms with E-state index >= 15 is 0 Å². The highest BCUT2D eigenvalue weighted by Gasteiger charge is 2.49. The van der Waals surface area contributed by atoms with E-state index in [9.17, 15) is 19.1 Å². The Kier molecular flexibility index (Phi) is 5.37. The maximum atomic E-state index is 13.8. The molecule has 170 valence electrons. The van der Waals surface area contributed by atoms with Gasteiger partial charge in [-0.25, -0.2) is 9.37 Å². The SMILES string of the molecule is COc1ccccc1C1/C(=C(/O)c2ccc(C)cc2)C(=O)C(=O)N1c1nc2ccc(F)cc2s1. The zero-order valence-electron chi connectivity index (χ0n) is 18.3. The molecule has 3 aromatic carbocycles. The highest BCUT2D eigenvalue weighted by atomic mass is 32.1. The molecule has 1 saturated heterocycles. The Hall–Kier alpha value is -4.04. The van der Waals surface area contributed by atoms with Gasteiger partial charge in [-0.3, -0.25) is 14.5 Å². The van der Waals surface area contributed by atoms with Crippen molar-refractivity contribution in [1.82, 2.24) is 4.98 Å². The van der Waals surface area contributed by atoms with Crippen LogP contribution < -0.4 is 9.64 Å². The van der Waals surface area contributed by atoms with Crippen molar-refractivity contribution < 1.29 is 23.8 Å². The van der Waals surface area contributed by atoms with Gasteiger partial charge in [-0.2, -0.15) is 0 Å². The van der Waals surface area contributed by atoms with Crippen LogP contribution in [0.15, 0.2) is 72.3 Å². The molecular formula is C26H19FN2O4S. The van der Waals surface area contributed by atoms with Gasteiger partial charge in [-0.1, -0.05) is 59.4 Å². The number of benzene rings is 3. The van der Waals surface area contributed by atoms with E-state index in [2.05, 4.69) is 4.98 Å². The van der Waals surface area contributed by atoms with Gasteiger partial charge < -0.3 is 9.84 Å². The van der Waals surface area contributed by atoms with E-state index in [0.29, 0.717) is 27.1 Å². The van der Waals surface area contributed by atoms with E-state index < -0.39 is 23.5 Å². The van der Waals surface area contributed by atoms with Crippen molar-refractivity contribution in [2.45, 2.75) is 13.0 Å². The second-order valence-corrected chi connectivity index (χ2v) is 8.89. The molecule has 1 aromatic heterocycles. The second kappa shape index (κ2) is 8.39. The van der Waals surface area contributed by atoms with Crippen LogP contribution in [0.3, 0.4) is 0 Å². The van der Waals surface area contributed by atoms with E-state index in [1.165, 1.54) is 30.2 Å². The molecule has 1 unspecified atom stereocenters. The third-order valence-electron chi connectivity index (χ3n) is 5.75. The fourth-order valence-electron chi connectivity index (χ4n) is 4.07. The minimum Gasteiger partial charge on any atom is -0.507 e. The Labute approximate surface area is 198 Å². The molecule has 1 aliphatic rings. The lowest BCUT2D eigenvalue weighted by Crippen LogP contribution is -2.29. The molecule has 0 bridgehead atoms. The second-order valence-electron chi connectivity index (χ2n) is 7.89. The lowest BCUT2D eigenvalue weighted by Gasteiger charge is -2.24. The number of ether oxygens (including phenoxy) is 1. The van der Waals surface area contributed by atoms with E-state index in [1.807, 2.05) is 19.1 Å². The molecule has 0 aliphatic carbocycles. The largest absolute Gasteiger partial charge is 0.507 e. The number of nitrogens with zero attached hydrogens (tertiary/aromatic N) is 2. The summed E-state index contributed by atoms with van der Waals surface area (Å²) in [7, 11) is 1.49. The summed E-state index contributed by atoms with van der Waals surface area (Å²) in [6.07, 6.45) is 0. The fraction of sp³-hybridized carbons (Fsp3) is 0.115. The van der Waals surface area contributed by atoms with Crippen LogP contribution in [0.1, 0.15) is 22.7 Å². The molecule has 1 fully saturated rings. The number of amides is 1. The van der Waals surface area contributed by atoms with Crippen LogP contribution in [0.2, 0.25) is 0 Å². The molecule has 1 N–H and O–H groups in total. The van der Waals surface area contributed by atoms with E-state index in [1.54, 1.807) is 36.4 Å². The molecule has 0 radical (unpaired) electrons. The number of carbonyl (C=O) groups is 2. The zero-order valence-corrected chi connectivity index (χ0v) is 19.1. The summed E-state index contributed by atoms with van der Waals surface area (Å²) < 4.78 is 19.8. The summed E-state index contributed by atoms with van der Waals surface area (Å²) in [6.45, 7) is 1.91. The Balaban J connectivity index is 1.76. The number of rotatable bonds is 4. The van der Waals surface area contributed by atoms with Crippen LogP contribution >= 0.6 is 11.3 Å². The topological polar surface area (TPSA) is 79.7 Å². The number of methoxy groups -OCH3 is 1. The first kappa shape index (κ1) is 21.8. The zero-order chi connectivity index (χ0) is 24.0. The molecule has 2 heterocycles. The van der Waals surface area contributed by atoms with Crippen molar-refractivity contribution >= 4 is 44.1 Å². The lowest BCUT2D eigenvalue weighted by atomic mass is 9.94. The minimum atomic E-state index is -0.983. The number of halogens is 1. The Bertz CT molecular complexity index is 1480. The lowest BCUT2D eigenvalue weighted by molar-refractivity contribution is -0.132. The van der Waals surface area contributed by atoms with Crippen LogP contribution in [0.25, 0.3) is 16.0 Å². The maximum absolute atomic E-state index is 13.8. The number of aryl methyl sites for hydroxylation is 1. The van der Waals surface area contributed by atoms with Gasteiger partial charge in [0, 0.05) is 11.1 Å². The van der Waals surface area contributed by atoms with Crippen molar-refractivity contribution in [3.63, 3.8) is 0 Å². The van der Waals surface area contributed by atoms with Crippen LogP contribution in [0.4, 0.5) is 9.52 Å². The standard InChI is InChI=1S/C26H19FN2O4S/c1-14-7-9-15(10-8-14)23(30)21-22(17-5-3-4-6-19(17)33-2)29(25(32)24(21)31)26-28-18-12-11-16(27)13-20(18)34-26/h3-13,22,30H,1-2H3/b23-21-. The van der Waals surface area contributed by atoms with Crippen LogP contribution in [0, 0.1) is 12.7 Å². The first-order valence-electron chi connectivity index (χ1n) is 10.5.